The highest BCUT2D eigenvalue weighted by molar-refractivity contribution is 5.26. The minimum atomic E-state index is 0.177. The normalized spacial score (nSPS) is 32.3. The molecular weight excluding hydrogens is 330 g/mol. The lowest BCUT2D eigenvalue weighted by molar-refractivity contribution is -0.161. The molecule has 1 aromatic carbocycles. The van der Waals surface area contributed by atoms with E-state index in [1.807, 2.05) is 0 Å². The van der Waals surface area contributed by atoms with Crippen LogP contribution in [0, 0.1) is 0 Å². The van der Waals surface area contributed by atoms with Gasteiger partial charge in [-0.1, -0.05) is 62.9 Å². The summed E-state index contributed by atoms with van der Waals surface area (Å²) >= 11 is 0. The molecule has 0 N–H and O–H groups in total. The van der Waals surface area contributed by atoms with Crippen molar-refractivity contribution in [1.29, 1.82) is 0 Å². The summed E-state index contributed by atoms with van der Waals surface area (Å²) in [5, 5.41) is 5.63. The molecule has 0 radical (unpaired) electrons. The van der Waals surface area contributed by atoms with Gasteiger partial charge in [0.05, 0.1) is 5.66 Å². The van der Waals surface area contributed by atoms with E-state index in [4.69, 9.17) is 0 Å². The lowest BCUT2D eigenvalue weighted by atomic mass is 9.83. The van der Waals surface area contributed by atoms with E-state index in [0.717, 1.165) is 0 Å². The van der Waals surface area contributed by atoms with Crippen LogP contribution in [0.3, 0.4) is 0 Å². The van der Waals surface area contributed by atoms with E-state index >= 15 is 0 Å². The van der Waals surface area contributed by atoms with Crippen molar-refractivity contribution in [2.24, 2.45) is 0 Å². The van der Waals surface area contributed by atoms with Crippen molar-refractivity contribution < 1.29 is 0 Å². The SMILES string of the molecule is CCC1(N2CCCCCC2)C(c2ccccc2)CCN1N1CCCCCC1. The second kappa shape index (κ2) is 9.07. The van der Waals surface area contributed by atoms with Crippen molar-refractivity contribution in [3.05, 3.63) is 35.9 Å². The summed E-state index contributed by atoms with van der Waals surface area (Å²) in [6, 6.07) is 11.4. The van der Waals surface area contributed by atoms with Gasteiger partial charge in [-0.05, 0) is 57.2 Å². The van der Waals surface area contributed by atoms with Gasteiger partial charge in [0.15, 0.2) is 0 Å². The van der Waals surface area contributed by atoms with Crippen LogP contribution in [0.15, 0.2) is 30.3 Å². The molecule has 150 valence electrons. The maximum atomic E-state index is 2.91. The van der Waals surface area contributed by atoms with Gasteiger partial charge in [0.25, 0.3) is 0 Å². The first-order valence-corrected chi connectivity index (χ1v) is 11.7. The fourth-order valence-electron chi connectivity index (χ4n) is 6.15. The Labute approximate surface area is 166 Å². The second-order valence-corrected chi connectivity index (χ2v) is 8.88. The maximum Gasteiger partial charge on any atom is 0.0939 e. The predicted molar refractivity (Wildman–Crippen MR) is 114 cm³/mol. The number of hydrogen-bond acceptors (Lipinski definition) is 3. The van der Waals surface area contributed by atoms with Crippen molar-refractivity contribution >= 4 is 0 Å². The van der Waals surface area contributed by atoms with Gasteiger partial charge in [-0.3, -0.25) is 4.90 Å². The third-order valence-electron chi connectivity index (χ3n) is 7.43. The molecule has 3 saturated heterocycles. The maximum absolute atomic E-state index is 2.91. The number of likely N-dealkylation sites (tertiary alicyclic amines) is 1. The fraction of sp³-hybridized carbons (Fsp3) is 0.750. The summed E-state index contributed by atoms with van der Waals surface area (Å²) in [5.74, 6) is 0.630. The fourth-order valence-corrected chi connectivity index (χ4v) is 6.15. The van der Waals surface area contributed by atoms with Crippen molar-refractivity contribution in [2.75, 3.05) is 32.7 Å². The molecule has 27 heavy (non-hydrogen) atoms. The van der Waals surface area contributed by atoms with E-state index < -0.39 is 0 Å². The number of rotatable bonds is 4. The number of hydrogen-bond donors (Lipinski definition) is 0. The smallest absolute Gasteiger partial charge is 0.0939 e. The topological polar surface area (TPSA) is 9.72 Å². The molecule has 3 heteroatoms. The monoisotopic (exact) mass is 369 g/mol. The van der Waals surface area contributed by atoms with E-state index in [9.17, 15) is 0 Å². The van der Waals surface area contributed by atoms with E-state index in [-0.39, 0.29) is 5.66 Å². The van der Waals surface area contributed by atoms with Crippen LogP contribution in [0.25, 0.3) is 0 Å². The van der Waals surface area contributed by atoms with Gasteiger partial charge in [0.2, 0.25) is 0 Å². The van der Waals surface area contributed by atoms with Gasteiger partial charge in [0, 0.05) is 25.6 Å². The molecule has 3 aliphatic heterocycles. The molecule has 0 aliphatic carbocycles. The molecule has 4 rings (SSSR count). The van der Waals surface area contributed by atoms with E-state index in [0.29, 0.717) is 5.92 Å². The minimum absolute atomic E-state index is 0.177. The standard InChI is InChI=1S/C24H39N3/c1-2-24(25-17-10-3-4-11-18-25)23(22-14-8-7-9-15-22)16-21-27(24)26-19-12-5-6-13-20-26/h7-9,14-15,23H,2-6,10-13,16-21H2,1H3. The highest BCUT2D eigenvalue weighted by Gasteiger charge is 2.53. The summed E-state index contributed by atoms with van der Waals surface area (Å²) in [6.07, 6.45) is 13.7. The van der Waals surface area contributed by atoms with Crippen LogP contribution < -0.4 is 0 Å². The summed E-state index contributed by atoms with van der Waals surface area (Å²) in [6.45, 7) is 8.76. The zero-order valence-corrected chi connectivity index (χ0v) is 17.4. The van der Waals surface area contributed by atoms with Crippen molar-refractivity contribution in [1.82, 2.24) is 14.9 Å². The summed E-state index contributed by atoms with van der Waals surface area (Å²) < 4.78 is 0. The highest BCUT2D eigenvalue weighted by atomic mass is 15.7. The Balaban J connectivity index is 1.71. The molecule has 0 spiro atoms. The molecule has 0 bridgehead atoms. The average Bonchev–Trinajstić information content (AvgIpc) is 2.93. The van der Waals surface area contributed by atoms with Crippen LogP contribution in [0.1, 0.15) is 82.6 Å². The molecule has 3 nitrogen and oxygen atoms in total. The lowest BCUT2D eigenvalue weighted by Crippen LogP contribution is -2.64. The Morgan fingerprint density at radius 2 is 1.37 bits per heavy atom. The van der Waals surface area contributed by atoms with Crippen molar-refractivity contribution in [2.45, 2.75) is 82.7 Å². The first-order valence-electron chi connectivity index (χ1n) is 11.7. The van der Waals surface area contributed by atoms with E-state index in [1.165, 1.54) is 96.9 Å². The third-order valence-corrected chi connectivity index (χ3v) is 7.43. The lowest BCUT2D eigenvalue weighted by Gasteiger charge is -2.53. The molecule has 0 amide bonds. The molecular formula is C24H39N3. The first-order chi connectivity index (χ1) is 13.4. The van der Waals surface area contributed by atoms with E-state index in [1.54, 1.807) is 5.56 Å². The molecule has 3 aliphatic rings. The molecule has 3 heterocycles. The second-order valence-electron chi connectivity index (χ2n) is 8.88. The molecule has 0 saturated carbocycles. The van der Waals surface area contributed by atoms with Gasteiger partial charge < -0.3 is 0 Å². The quantitative estimate of drug-likeness (QED) is 0.718. The van der Waals surface area contributed by atoms with Crippen LogP contribution in [-0.2, 0) is 0 Å². The molecule has 3 fully saturated rings. The molecule has 0 aromatic heterocycles. The number of hydrazine groups is 1. The zero-order valence-electron chi connectivity index (χ0n) is 17.4. The van der Waals surface area contributed by atoms with Gasteiger partial charge >= 0.3 is 0 Å². The number of benzene rings is 1. The van der Waals surface area contributed by atoms with Crippen LogP contribution in [0.5, 0.6) is 0 Å². The van der Waals surface area contributed by atoms with Crippen LogP contribution in [0.2, 0.25) is 0 Å². The zero-order chi connectivity index (χ0) is 18.5. The molecule has 2 atom stereocenters. The summed E-state index contributed by atoms with van der Waals surface area (Å²) in [5.41, 5.74) is 1.73. The highest BCUT2D eigenvalue weighted by Crippen LogP contribution is 2.48. The number of nitrogens with zero attached hydrogens (tertiary/aromatic N) is 3. The third kappa shape index (κ3) is 3.83. The van der Waals surface area contributed by atoms with Crippen LogP contribution in [-0.4, -0.2) is 53.3 Å². The Bertz CT molecular complexity index is 558. The summed E-state index contributed by atoms with van der Waals surface area (Å²) in [4.78, 5) is 2.91. The van der Waals surface area contributed by atoms with Crippen molar-refractivity contribution in [3.8, 4) is 0 Å². The van der Waals surface area contributed by atoms with Gasteiger partial charge in [-0.25, -0.2) is 10.0 Å². The van der Waals surface area contributed by atoms with Crippen LogP contribution in [0.4, 0.5) is 0 Å². The van der Waals surface area contributed by atoms with E-state index in [2.05, 4.69) is 52.2 Å². The van der Waals surface area contributed by atoms with Crippen LogP contribution >= 0.6 is 0 Å². The molecule has 2 unspecified atom stereocenters. The predicted octanol–water partition coefficient (Wildman–Crippen LogP) is 5.25. The minimum Gasteiger partial charge on any atom is -0.284 e. The van der Waals surface area contributed by atoms with Crippen molar-refractivity contribution in [3.63, 3.8) is 0 Å². The Morgan fingerprint density at radius 3 is 1.96 bits per heavy atom. The Kier molecular flexibility index (Phi) is 6.52. The summed E-state index contributed by atoms with van der Waals surface area (Å²) in [7, 11) is 0. The Hall–Kier alpha value is -0.900. The van der Waals surface area contributed by atoms with Gasteiger partial charge in [-0.15, -0.1) is 0 Å². The largest absolute Gasteiger partial charge is 0.284 e. The Morgan fingerprint density at radius 1 is 0.778 bits per heavy atom. The van der Waals surface area contributed by atoms with Gasteiger partial charge in [-0.2, -0.15) is 0 Å². The first kappa shape index (κ1) is 19.4. The van der Waals surface area contributed by atoms with Gasteiger partial charge in [0.1, 0.15) is 0 Å². The molecule has 1 aromatic rings. The average molecular weight is 370 g/mol.